The van der Waals surface area contributed by atoms with E-state index in [2.05, 4.69) is 22.1 Å². The van der Waals surface area contributed by atoms with Gasteiger partial charge in [-0.3, -0.25) is 20.0 Å². The van der Waals surface area contributed by atoms with Crippen LogP contribution in [-0.4, -0.2) is 27.6 Å². The Morgan fingerprint density at radius 1 is 1.45 bits per heavy atom. The fraction of sp³-hybridized carbons (Fsp3) is 0.0769. The lowest BCUT2D eigenvalue weighted by Gasteiger charge is -2.03. The number of nitrogens with zero attached hydrogens (tertiary/aromatic N) is 2. The number of aromatic nitrogens is 2. The fourth-order valence-corrected chi connectivity index (χ4v) is 1.69. The zero-order valence-corrected chi connectivity index (χ0v) is 10.5. The Balaban J connectivity index is 2.29. The first-order valence-electron chi connectivity index (χ1n) is 5.80. The van der Waals surface area contributed by atoms with Crippen molar-refractivity contribution >= 4 is 11.6 Å². The maximum Gasteiger partial charge on any atom is 0.269 e. The Morgan fingerprint density at radius 2 is 2.15 bits per heavy atom. The van der Waals surface area contributed by atoms with Crippen molar-refractivity contribution in [3.05, 3.63) is 58.8 Å². The van der Waals surface area contributed by atoms with Crippen LogP contribution in [0.15, 0.2) is 43.1 Å². The van der Waals surface area contributed by atoms with Crippen molar-refractivity contribution in [2.75, 3.05) is 6.54 Å². The number of carbonyl (C=O) groups is 1. The third kappa shape index (κ3) is 2.72. The number of nitro groups is 1. The van der Waals surface area contributed by atoms with Crippen molar-refractivity contribution in [3.63, 3.8) is 0 Å². The average Bonchev–Trinajstić information content (AvgIpc) is 2.94. The number of hydrogen-bond acceptors (Lipinski definition) is 4. The van der Waals surface area contributed by atoms with Gasteiger partial charge in [0, 0.05) is 24.2 Å². The molecule has 0 saturated heterocycles. The van der Waals surface area contributed by atoms with Crippen molar-refractivity contribution < 1.29 is 9.72 Å². The van der Waals surface area contributed by atoms with Crippen LogP contribution < -0.4 is 5.32 Å². The molecule has 1 aromatic carbocycles. The van der Waals surface area contributed by atoms with Crippen LogP contribution in [0.5, 0.6) is 0 Å². The van der Waals surface area contributed by atoms with Crippen LogP contribution in [0.25, 0.3) is 11.3 Å². The van der Waals surface area contributed by atoms with Crippen LogP contribution in [0.2, 0.25) is 0 Å². The number of H-pyrrole nitrogens is 1. The molecule has 0 saturated carbocycles. The summed E-state index contributed by atoms with van der Waals surface area (Å²) in [6.07, 6.45) is 2.98. The van der Waals surface area contributed by atoms with E-state index < -0.39 is 4.92 Å². The van der Waals surface area contributed by atoms with Crippen molar-refractivity contribution in [2.45, 2.75) is 0 Å². The minimum Gasteiger partial charge on any atom is -0.348 e. The molecule has 0 spiro atoms. The summed E-state index contributed by atoms with van der Waals surface area (Å²) in [7, 11) is 0. The summed E-state index contributed by atoms with van der Waals surface area (Å²) in [6, 6.07) is 5.88. The van der Waals surface area contributed by atoms with Gasteiger partial charge in [0.15, 0.2) is 0 Å². The summed E-state index contributed by atoms with van der Waals surface area (Å²) < 4.78 is 0. The van der Waals surface area contributed by atoms with E-state index >= 15 is 0 Å². The second kappa shape index (κ2) is 5.79. The molecule has 0 aliphatic carbocycles. The van der Waals surface area contributed by atoms with Crippen molar-refractivity contribution in [1.29, 1.82) is 0 Å². The Bertz CT molecular complexity index is 646. The maximum atomic E-state index is 11.9. The van der Waals surface area contributed by atoms with Gasteiger partial charge < -0.3 is 5.32 Å². The maximum absolute atomic E-state index is 11.9. The summed E-state index contributed by atoms with van der Waals surface area (Å²) in [5.74, 6) is -0.285. The number of hydrogen-bond donors (Lipinski definition) is 2. The van der Waals surface area contributed by atoms with E-state index in [-0.39, 0.29) is 11.6 Å². The van der Waals surface area contributed by atoms with Gasteiger partial charge in [0.2, 0.25) is 0 Å². The van der Waals surface area contributed by atoms with Gasteiger partial charge in [0.25, 0.3) is 11.6 Å². The topological polar surface area (TPSA) is 101 Å². The molecule has 7 nitrogen and oxygen atoms in total. The summed E-state index contributed by atoms with van der Waals surface area (Å²) >= 11 is 0. The monoisotopic (exact) mass is 272 g/mol. The molecule has 0 aliphatic heterocycles. The van der Waals surface area contributed by atoms with Crippen LogP contribution >= 0.6 is 0 Å². The minimum atomic E-state index is -0.478. The first-order chi connectivity index (χ1) is 9.63. The number of aromatic amines is 1. The lowest BCUT2D eigenvalue weighted by Crippen LogP contribution is -2.23. The Labute approximate surface area is 114 Å². The average molecular weight is 272 g/mol. The van der Waals surface area contributed by atoms with Crippen molar-refractivity contribution in [3.8, 4) is 11.3 Å². The molecule has 1 amide bonds. The normalized spacial score (nSPS) is 10.0. The lowest BCUT2D eigenvalue weighted by molar-refractivity contribution is -0.384. The smallest absolute Gasteiger partial charge is 0.269 e. The van der Waals surface area contributed by atoms with E-state index in [1.165, 1.54) is 18.3 Å². The number of benzene rings is 1. The van der Waals surface area contributed by atoms with Crippen LogP contribution in [0, 0.1) is 10.1 Å². The van der Waals surface area contributed by atoms with Gasteiger partial charge in [0.1, 0.15) is 0 Å². The zero-order valence-electron chi connectivity index (χ0n) is 10.5. The summed E-state index contributed by atoms with van der Waals surface area (Å²) in [4.78, 5) is 22.0. The molecule has 20 heavy (non-hydrogen) atoms. The molecular weight excluding hydrogens is 260 g/mol. The number of carbonyl (C=O) groups excluding carboxylic acids is 1. The molecule has 0 aliphatic rings. The van der Waals surface area contributed by atoms with Crippen LogP contribution in [-0.2, 0) is 0 Å². The predicted molar refractivity (Wildman–Crippen MR) is 73.2 cm³/mol. The summed E-state index contributed by atoms with van der Waals surface area (Å²) in [6.45, 7) is 3.87. The molecule has 7 heteroatoms. The fourth-order valence-electron chi connectivity index (χ4n) is 1.69. The van der Waals surface area contributed by atoms with Crippen LogP contribution in [0.1, 0.15) is 10.4 Å². The second-order valence-electron chi connectivity index (χ2n) is 3.96. The summed E-state index contributed by atoms with van der Waals surface area (Å²) in [5, 5.41) is 19.8. The van der Waals surface area contributed by atoms with Crippen LogP contribution in [0.3, 0.4) is 0 Å². The molecule has 2 rings (SSSR count). The van der Waals surface area contributed by atoms with Crippen molar-refractivity contribution in [1.82, 2.24) is 15.5 Å². The van der Waals surface area contributed by atoms with Gasteiger partial charge in [-0.05, 0) is 12.1 Å². The van der Waals surface area contributed by atoms with Gasteiger partial charge in [-0.2, -0.15) is 5.10 Å². The molecule has 0 unspecified atom stereocenters. The molecule has 0 bridgehead atoms. The predicted octanol–water partition coefficient (Wildman–Crippen LogP) is 1.90. The Morgan fingerprint density at radius 3 is 2.75 bits per heavy atom. The second-order valence-corrected chi connectivity index (χ2v) is 3.96. The first kappa shape index (κ1) is 13.5. The molecule has 1 aromatic heterocycles. The molecule has 2 aromatic rings. The molecule has 2 N–H and O–H groups in total. The highest BCUT2D eigenvalue weighted by atomic mass is 16.6. The Kier molecular flexibility index (Phi) is 3.90. The van der Waals surface area contributed by atoms with Crippen molar-refractivity contribution in [2.24, 2.45) is 0 Å². The van der Waals surface area contributed by atoms with Gasteiger partial charge in [-0.15, -0.1) is 6.58 Å². The van der Waals surface area contributed by atoms with E-state index in [0.717, 1.165) is 0 Å². The number of rotatable bonds is 5. The highest BCUT2D eigenvalue weighted by Gasteiger charge is 2.15. The summed E-state index contributed by atoms with van der Waals surface area (Å²) in [5.41, 5.74) is 1.53. The van der Waals surface area contributed by atoms with E-state index in [1.54, 1.807) is 18.2 Å². The standard InChI is InChI=1S/C13H12N4O3/c1-2-7-14-13(18)11-8-15-16-12(11)9-3-5-10(6-4-9)17(19)20/h2-6,8H,1,7H2,(H,14,18)(H,15,16). The molecule has 102 valence electrons. The van der Waals surface area contributed by atoms with Gasteiger partial charge >= 0.3 is 0 Å². The molecule has 0 atom stereocenters. The highest BCUT2D eigenvalue weighted by Crippen LogP contribution is 2.23. The van der Waals surface area contributed by atoms with E-state index in [1.807, 2.05) is 0 Å². The molecular formula is C13H12N4O3. The Hall–Kier alpha value is -2.96. The number of nitro benzene ring substituents is 1. The number of non-ortho nitro benzene ring substituents is 1. The lowest BCUT2D eigenvalue weighted by atomic mass is 10.1. The van der Waals surface area contributed by atoms with E-state index in [0.29, 0.717) is 23.4 Å². The van der Waals surface area contributed by atoms with Gasteiger partial charge in [0.05, 0.1) is 22.4 Å². The van der Waals surface area contributed by atoms with Gasteiger partial charge in [-0.1, -0.05) is 6.08 Å². The number of amides is 1. The van der Waals surface area contributed by atoms with E-state index in [9.17, 15) is 14.9 Å². The number of nitrogens with one attached hydrogen (secondary N) is 2. The van der Waals surface area contributed by atoms with E-state index in [4.69, 9.17) is 0 Å². The third-order valence-electron chi connectivity index (χ3n) is 2.66. The first-order valence-corrected chi connectivity index (χ1v) is 5.80. The molecule has 0 fully saturated rings. The largest absolute Gasteiger partial charge is 0.348 e. The highest BCUT2D eigenvalue weighted by molar-refractivity contribution is 5.99. The third-order valence-corrected chi connectivity index (χ3v) is 2.66. The minimum absolute atomic E-state index is 0.00840. The van der Waals surface area contributed by atoms with Gasteiger partial charge in [-0.25, -0.2) is 0 Å². The quantitative estimate of drug-likeness (QED) is 0.493. The molecule has 0 radical (unpaired) electrons. The van der Waals surface area contributed by atoms with Crippen LogP contribution in [0.4, 0.5) is 5.69 Å². The SMILES string of the molecule is C=CCNC(=O)c1cn[nH]c1-c1ccc([N+](=O)[O-])cc1. The molecule has 1 heterocycles. The zero-order chi connectivity index (χ0) is 14.5.